The Bertz CT molecular complexity index is 390. The number of nitrogens with zero attached hydrogens (tertiary/aromatic N) is 3. The maximum absolute atomic E-state index is 4.60. The van der Waals surface area contributed by atoms with Gasteiger partial charge in [-0.15, -0.1) is 0 Å². The largest absolute Gasteiger partial charge is 0.313 e. The molecule has 4 nitrogen and oxygen atoms in total. The molecule has 0 spiro atoms. The summed E-state index contributed by atoms with van der Waals surface area (Å²) in [6.45, 7) is 10.9. The number of rotatable bonds is 6. The van der Waals surface area contributed by atoms with Gasteiger partial charge in [-0.3, -0.25) is 9.88 Å². The van der Waals surface area contributed by atoms with Crippen LogP contribution in [0.15, 0.2) is 18.3 Å². The standard InChI is InChI=1S/C16H28N4/c1-4-7-17-10-15-5-6-16(18-11-15)13-20-9-8-19(3)14(2)12-20/h5-6,11,14,17H,4,7-10,12-13H2,1-3H3. The molecule has 0 bridgehead atoms. The number of nitrogens with one attached hydrogen (secondary N) is 1. The molecule has 1 aromatic heterocycles. The Morgan fingerprint density at radius 1 is 1.35 bits per heavy atom. The molecular formula is C16H28N4. The predicted molar refractivity (Wildman–Crippen MR) is 83.6 cm³/mol. The van der Waals surface area contributed by atoms with Crippen LogP contribution in [0, 0.1) is 0 Å². The molecule has 1 saturated heterocycles. The molecule has 112 valence electrons. The monoisotopic (exact) mass is 276 g/mol. The first-order chi connectivity index (χ1) is 9.69. The lowest BCUT2D eigenvalue weighted by atomic mass is 10.2. The molecule has 0 aromatic carbocycles. The Morgan fingerprint density at radius 2 is 2.20 bits per heavy atom. The van der Waals surface area contributed by atoms with Crippen molar-refractivity contribution in [3.63, 3.8) is 0 Å². The van der Waals surface area contributed by atoms with Crippen molar-refractivity contribution < 1.29 is 0 Å². The minimum absolute atomic E-state index is 0.640. The van der Waals surface area contributed by atoms with Crippen LogP contribution in [-0.4, -0.2) is 54.1 Å². The average Bonchev–Trinajstić information content (AvgIpc) is 2.45. The van der Waals surface area contributed by atoms with E-state index in [0.717, 1.165) is 39.3 Å². The van der Waals surface area contributed by atoms with E-state index in [1.165, 1.54) is 17.7 Å². The van der Waals surface area contributed by atoms with Gasteiger partial charge in [-0.25, -0.2) is 0 Å². The Hall–Kier alpha value is -0.970. The second-order valence-corrected chi connectivity index (χ2v) is 5.90. The number of aromatic nitrogens is 1. The quantitative estimate of drug-likeness (QED) is 0.802. The molecule has 2 heterocycles. The van der Waals surface area contributed by atoms with E-state index in [4.69, 9.17) is 0 Å². The molecule has 1 atom stereocenters. The van der Waals surface area contributed by atoms with Crippen LogP contribution in [0.25, 0.3) is 0 Å². The van der Waals surface area contributed by atoms with Gasteiger partial charge < -0.3 is 10.2 Å². The van der Waals surface area contributed by atoms with Gasteiger partial charge in [0.05, 0.1) is 5.69 Å². The topological polar surface area (TPSA) is 31.4 Å². The highest BCUT2D eigenvalue weighted by atomic mass is 15.3. The first kappa shape index (κ1) is 15.4. The lowest BCUT2D eigenvalue weighted by Crippen LogP contribution is -2.49. The van der Waals surface area contributed by atoms with Crippen molar-refractivity contribution in [1.29, 1.82) is 0 Å². The highest BCUT2D eigenvalue weighted by molar-refractivity contribution is 5.14. The lowest BCUT2D eigenvalue weighted by Gasteiger charge is -2.37. The Kier molecular flexibility index (Phi) is 5.95. The van der Waals surface area contributed by atoms with Crippen LogP contribution < -0.4 is 5.32 Å². The van der Waals surface area contributed by atoms with Gasteiger partial charge in [-0.1, -0.05) is 13.0 Å². The molecule has 0 saturated carbocycles. The molecule has 1 fully saturated rings. The number of pyridine rings is 1. The summed E-state index contributed by atoms with van der Waals surface area (Å²) in [5.41, 5.74) is 2.45. The van der Waals surface area contributed by atoms with Crippen LogP contribution in [0.4, 0.5) is 0 Å². The van der Waals surface area contributed by atoms with Crippen LogP contribution in [0.5, 0.6) is 0 Å². The first-order valence-corrected chi connectivity index (χ1v) is 7.76. The normalized spacial score (nSPS) is 21.2. The van der Waals surface area contributed by atoms with Crippen molar-refractivity contribution in [2.45, 2.75) is 39.4 Å². The third-order valence-electron chi connectivity index (χ3n) is 4.07. The minimum atomic E-state index is 0.640. The highest BCUT2D eigenvalue weighted by Gasteiger charge is 2.20. The molecule has 0 radical (unpaired) electrons. The van der Waals surface area contributed by atoms with Crippen molar-refractivity contribution in [3.8, 4) is 0 Å². The highest BCUT2D eigenvalue weighted by Crippen LogP contribution is 2.10. The second-order valence-electron chi connectivity index (χ2n) is 5.90. The summed E-state index contributed by atoms with van der Waals surface area (Å²) in [4.78, 5) is 9.53. The molecule has 2 rings (SSSR count). The molecule has 1 aliphatic rings. The molecule has 1 unspecified atom stereocenters. The zero-order valence-corrected chi connectivity index (χ0v) is 13.1. The van der Waals surface area contributed by atoms with E-state index < -0.39 is 0 Å². The Labute approximate surface area is 123 Å². The van der Waals surface area contributed by atoms with Crippen molar-refractivity contribution >= 4 is 0 Å². The van der Waals surface area contributed by atoms with Gasteiger partial charge in [0.2, 0.25) is 0 Å². The Morgan fingerprint density at radius 3 is 2.85 bits per heavy atom. The summed E-state index contributed by atoms with van der Waals surface area (Å²) in [7, 11) is 2.21. The number of piperazine rings is 1. The predicted octanol–water partition coefficient (Wildman–Crippen LogP) is 1.72. The van der Waals surface area contributed by atoms with Gasteiger partial charge in [0.25, 0.3) is 0 Å². The maximum Gasteiger partial charge on any atom is 0.0544 e. The zero-order valence-electron chi connectivity index (χ0n) is 13.1. The average molecular weight is 276 g/mol. The Balaban J connectivity index is 1.81. The van der Waals surface area contributed by atoms with Crippen molar-refractivity contribution in [2.75, 3.05) is 33.2 Å². The SMILES string of the molecule is CCCNCc1ccc(CN2CCN(C)C(C)C2)nc1. The number of likely N-dealkylation sites (N-methyl/N-ethyl adjacent to an activating group) is 1. The summed E-state index contributed by atoms with van der Waals surface area (Å²) in [6, 6.07) is 5.01. The van der Waals surface area contributed by atoms with Gasteiger partial charge in [-0.05, 0) is 38.6 Å². The van der Waals surface area contributed by atoms with Crippen molar-refractivity contribution in [2.24, 2.45) is 0 Å². The van der Waals surface area contributed by atoms with Gasteiger partial charge in [0.15, 0.2) is 0 Å². The van der Waals surface area contributed by atoms with Gasteiger partial charge in [-0.2, -0.15) is 0 Å². The molecule has 1 aromatic rings. The summed E-state index contributed by atoms with van der Waals surface area (Å²) >= 11 is 0. The van der Waals surface area contributed by atoms with Crippen molar-refractivity contribution in [1.82, 2.24) is 20.1 Å². The van der Waals surface area contributed by atoms with Crippen LogP contribution in [-0.2, 0) is 13.1 Å². The van der Waals surface area contributed by atoms with Crippen LogP contribution >= 0.6 is 0 Å². The second kappa shape index (κ2) is 7.72. The fourth-order valence-corrected chi connectivity index (χ4v) is 2.56. The summed E-state index contributed by atoms with van der Waals surface area (Å²) < 4.78 is 0. The van der Waals surface area contributed by atoms with E-state index in [0.29, 0.717) is 6.04 Å². The maximum atomic E-state index is 4.60. The van der Waals surface area contributed by atoms with Crippen LogP contribution in [0.3, 0.4) is 0 Å². The van der Waals surface area contributed by atoms with E-state index in [1.807, 2.05) is 6.20 Å². The van der Waals surface area contributed by atoms with Crippen LogP contribution in [0.2, 0.25) is 0 Å². The summed E-state index contributed by atoms with van der Waals surface area (Å²) in [5, 5.41) is 3.41. The fourth-order valence-electron chi connectivity index (χ4n) is 2.56. The van der Waals surface area contributed by atoms with E-state index in [2.05, 4.69) is 53.1 Å². The minimum Gasteiger partial charge on any atom is -0.313 e. The molecular weight excluding hydrogens is 248 g/mol. The molecule has 0 aliphatic carbocycles. The van der Waals surface area contributed by atoms with E-state index in [1.54, 1.807) is 0 Å². The van der Waals surface area contributed by atoms with Gasteiger partial charge in [0, 0.05) is 45.0 Å². The molecule has 1 aliphatic heterocycles. The number of hydrogen-bond donors (Lipinski definition) is 1. The molecule has 4 heteroatoms. The fraction of sp³-hybridized carbons (Fsp3) is 0.688. The molecule has 0 amide bonds. The third-order valence-corrected chi connectivity index (χ3v) is 4.07. The van der Waals surface area contributed by atoms with Crippen molar-refractivity contribution in [3.05, 3.63) is 29.6 Å². The van der Waals surface area contributed by atoms with E-state index in [9.17, 15) is 0 Å². The smallest absolute Gasteiger partial charge is 0.0544 e. The van der Waals surface area contributed by atoms with E-state index in [-0.39, 0.29) is 0 Å². The summed E-state index contributed by atoms with van der Waals surface area (Å²) in [5.74, 6) is 0. The molecule has 1 N–H and O–H groups in total. The third kappa shape index (κ3) is 4.54. The molecule has 20 heavy (non-hydrogen) atoms. The summed E-state index contributed by atoms with van der Waals surface area (Å²) in [6.07, 6.45) is 3.19. The number of hydrogen-bond acceptors (Lipinski definition) is 4. The van der Waals surface area contributed by atoms with Gasteiger partial charge in [0.1, 0.15) is 0 Å². The van der Waals surface area contributed by atoms with E-state index >= 15 is 0 Å². The first-order valence-electron chi connectivity index (χ1n) is 7.76. The van der Waals surface area contributed by atoms with Gasteiger partial charge >= 0.3 is 0 Å². The van der Waals surface area contributed by atoms with Crippen LogP contribution in [0.1, 0.15) is 31.5 Å². The zero-order chi connectivity index (χ0) is 14.4. The lowest BCUT2D eigenvalue weighted by molar-refractivity contribution is 0.0990.